The molecule has 0 spiro atoms. The minimum Gasteiger partial charge on any atom is -0.359 e. The third-order valence-corrected chi connectivity index (χ3v) is 7.53. The van der Waals surface area contributed by atoms with Crippen LogP contribution in [0.2, 0.25) is 0 Å². The summed E-state index contributed by atoms with van der Waals surface area (Å²) in [7, 11) is -3.83. The van der Waals surface area contributed by atoms with Gasteiger partial charge in [-0.15, -0.1) is 0 Å². The van der Waals surface area contributed by atoms with Gasteiger partial charge in [0.2, 0.25) is 5.91 Å². The SMILES string of the molecule is C[C@@H](C(=O)N1CCc2cc(S(=O)(=O)Nc3ccncn3)ccc21)N1CCc2c(F)cccc21. The lowest BCUT2D eigenvalue weighted by molar-refractivity contribution is -0.119. The van der Waals surface area contributed by atoms with E-state index in [4.69, 9.17) is 0 Å². The Bertz CT molecular complexity index is 1330. The predicted molar refractivity (Wildman–Crippen MR) is 122 cm³/mol. The Morgan fingerprint density at radius 3 is 2.76 bits per heavy atom. The summed E-state index contributed by atoms with van der Waals surface area (Å²) in [5.74, 6) is -0.162. The number of benzene rings is 2. The lowest BCUT2D eigenvalue weighted by Crippen LogP contribution is -2.46. The fourth-order valence-electron chi connectivity index (χ4n) is 4.50. The van der Waals surface area contributed by atoms with Gasteiger partial charge in [0.05, 0.1) is 4.90 Å². The van der Waals surface area contributed by atoms with Gasteiger partial charge in [-0.25, -0.2) is 22.8 Å². The van der Waals surface area contributed by atoms with Gasteiger partial charge in [-0.2, -0.15) is 0 Å². The van der Waals surface area contributed by atoms with E-state index in [9.17, 15) is 17.6 Å². The quantitative estimate of drug-likeness (QED) is 0.620. The molecule has 0 radical (unpaired) electrons. The minimum atomic E-state index is -3.83. The van der Waals surface area contributed by atoms with Crippen LogP contribution in [0.1, 0.15) is 18.1 Å². The number of hydrogen-bond donors (Lipinski definition) is 1. The lowest BCUT2D eigenvalue weighted by Gasteiger charge is -2.30. The predicted octanol–water partition coefficient (Wildman–Crippen LogP) is 2.76. The van der Waals surface area contributed by atoms with E-state index < -0.39 is 16.1 Å². The maximum absolute atomic E-state index is 14.1. The topological polar surface area (TPSA) is 95.5 Å². The zero-order valence-electron chi connectivity index (χ0n) is 17.9. The van der Waals surface area contributed by atoms with Crippen LogP contribution in [-0.4, -0.2) is 43.4 Å². The lowest BCUT2D eigenvalue weighted by atomic mass is 10.1. The van der Waals surface area contributed by atoms with Gasteiger partial charge in [0.15, 0.2) is 0 Å². The monoisotopic (exact) mass is 467 g/mol. The van der Waals surface area contributed by atoms with Crippen molar-refractivity contribution in [3.63, 3.8) is 0 Å². The van der Waals surface area contributed by atoms with Crippen molar-refractivity contribution in [1.29, 1.82) is 0 Å². The zero-order chi connectivity index (χ0) is 23.2. The van der Waals surface area contributed by atoms with Gasteiger partial charge in [-0.1, -0.05) is 6.07 Å². The second-order valence-corrected chi connectivity index (χ2v) is 9.77. The minimum absolute atomic E-state index is 0.0967. The Balaban J connectivity index is 1.36. The number of hydrogen-bond acceptors (Lipinski definition) is 6. The largest absolute Gasteiger partial charge is 0.359 e. The molecule has 0 fully saturated rings. The Morgan fingerprint density at radius 1 is 1.12 bits per heavy atom. The summed E-state index contributed by atoms with van der Waals surface area (Å²) < 4.78 is 42.1. The molecular formula is C23H22FN5O3S. The van der Waals surface area contributed by atoms with Crippen LogP contribution >= 0.6 is 0 Å². The molecule has 5 rings (SSSR count). The first kappa shape index (κ1) is 21.3. The maximum Gasteiger partial charge on any atom is 0.263 e. The standard InChI is InChI=1S/C23H22FN5O3S/c1-15(28-12-9-18-19(24)3-2-4-21(18)28)23(30)29-11-8-16-13-17(5-6-20(16)29)33(31,32)27-22-7-10-25-14-26-22/h2-7,10,13-15H,8-9,11-12H2,1H3,(H,25,26,27)/t15-/m0/s1. The Hall–Kier alpha value is -3.53. The number of carbonyl (C=O) groups is 1. The van der Waals surface area contributed by atoms with Crippen molar-refractivity contribution in [3.05, 3.63) is 71.9 Å². The highest BCUT2D eigenvalue weighted by atomic mass is 32.2. The van der Waals surface area contributed by atoms with Crippen molar-refractivity contribution < 1.29 is 17.6 Å². The van der Waals surface area contributed by atoms with Crippen molar-refractivity contribution in [3.8, 4) is 0 Å². The van der Waals surface area contributed by atoms with E-state index in [2.05, 4.69) is 14.7 Å². The third kappa shape index (κ3) is 3.80. The molecule has 0 aliphatic carbocycles. The molecule has 2 aromatic carbocycles. The first-order valence-corrected chi connectivity index (χ1v) is 12.1. The van der Waals surface area contributed by atoms with Crippen LogP contribution in [0.5, 0.6) is 0 Å². The van der Waals surface area contributed by atoms with Crippen LogP contribution < -0.4 is 14.5 Å². The first-order chi connectivity index (χ1) is 15.8. The van der Waals surface area contributed by atoms with E-state index in [0.717, 1.165) is 11.3 Å². The number of aromatic nitrogens is 2. The van der Waals surface area contributed by atoms with Gasteiger partial charge in [0.1, 0.15) is 24.0 Å². The molecule has 3 aromatic rings. The molecule has 0 saturated carbocycles. The van der Waals surface area contributed by atoms with Gasteiger partial charge < -0.3 is 9.80 Å². The molecule has 2 aliphatic heterocycles. The molecule has 10 heteroatoms. The summed E-state index contributed by atoms with van der Waals surface area (Å²) in [6.45, 7) is 2.87. The Labute approximate surface area is 191 Å². The summed E-state index contributed by atoms with van der Waals surface area (Å²) in [6, 6.07) is 10.7. The summed E-state index contributed by atoms with van der Waals surface area (Å²) in [5.41, 5.74) is 2.89. The average Bonchev–Trinajstić information content (AvgIpc) is 3.43. The Kier molecular flexibility index (Phi) is 5.24. The molecule has 1 atom stereocenters. The zero-order valence-corrected chi connectivity index (χ0v) is 18.7. The van der Waals surface area contributed by atoms with E-state index in [1.54, 1.807) is 23.1 Å². The molecule has 8 nitrogen and oxygen atoms in total. The van der Waals surface area contributed by atoms with Gasteiger partial charge in [0.25, 0.3) is 10.0 Å². The van der Waals surface area contributed by atoms with Gasteiger partial charge in [0, 0.05) is 36.2 Å². The number of fused-ring (bicyclic) bond motifs is 2. The van der Waals surface area contributed by atoms with Crippen LogP contribution in [0.4, 0.5) is 21.6 Å². The summed E-state index contributed by atoms with van der Waals surface area (Å²) >= 11 is 0. The molecule has 33 heavy (non-hydrogen) atoms. The molecule has 3 heterocycles. The van der Waals surface area contributed by atoms with E-state index in [-0.39, 0.29) is 22.4 Å². The highest BCUT2D eigenvalue weighted by molar-refractivity contribution is 7.92. The number of amides is 1. The van der Waals surface area contributed by atoms with E-state index in [1.807, 2.05) is 17.9 Å². The highest BCUT2D eigenvalue weighted by Gasteiger charge is 2.35. The van der Waals surface area contributed by atoms with E-state index in [1.165, 1.54) is 30.7 Å². The average molecular weight is 468 g/mol. The fraction of sp³-hybridized carbons (Fsp3) is 0.261. The maximum atomic E-state index is 14.1. The van der Waals surface area contributed by atoms with Gasteiger partial charge >= 0.3 is 0 Å². The molecule has 170 valence electrons. The number of nitrogens with zero attached hydrogens (tertiary/aromatic N) is 4. The molecule has 1 N–H and O–H groups in total. The first-order valence-electron chi connectivity index (χ1n) is 10.6. The summed E-state index contributed by atoms with van der Waals surface area (Å²) in [6.07, 6.45) is 3.83. The molecule has 0 bridgehead atoms. The number of halogens is 1. The number of nitrogens with one attached hydrogen (secondary N) is 1. The van der Waals surface area contributed by atoms with Crippen LogP contribution in [0.15, 0.2) is 59.9 Å². The van der Waals surface area contributed by atoms with Crippen LogP contribution in [0.3, 0.4) is 0 Å². The van der Waals surface area contributed by atoms with Crippen molar-refractivity contribution in [2.24, 2.45) is 0 Å². The second kappa shape index (κ2) is 8.11. The normalized spacial score (nSPS) is 15.8. The van der Waals surface area contributed by atoms with E-state index in [0.29, 0.717) is 37.2 Å². The fourth-order valence-corrected chi connectivity index (χ4v) is 5.56. The molecule has 2 aliphatic rings. The van der Waals surface area contributed by atoms with E-state index >= 15 is 0 Å². The van der Waals surface area contributed by atoms with Crippen LogP contribution in [0, 0.1) is 5.82 Å². The van der Waals surface area contributed by atoms with Gasteiger partial charge in [-0.05, 0) is 61.7 Å². The summed E-state index contributed by atoms with van der Waals surface area (Å²) in [5, 5.41) is 0. The van der Waals surface area contributed by atoms with Crippen molar-refractivity contribution in [1.82, 2.24) is 9.97 Å². The number of rotatable bonds is 5. The number of anilines is 3. The molecule has 0 unspecified atom stereocenters. The summed E-state index contributed by atoms with van der Waals surface area (Å²) in [4.78, 5) is 24.7. The Morgan fingerprint density at radius 2 is 1.97 bits per heavy atom. The molecule has 1 aromatic heterocycles. The molecule has 1 amide bonds. The van der Waals surface area contributed by atoms with Crippen LogP contribution in [-0.2, 0) is 27.7 Å². The molecular weight excluding hydrogens is 445 g/mol. The van der Waals surface area contributed by atoms with Crippen molar-refractivity contribution in [2.75, 3.05) is 27.6 Å². The highest BCUT2D eigenvalue weighted by Crippen LogP contribution is 2.35. The number of sulfonamides is 1. The second-order valence-electron chi connectivity index (χ2n) is 8.09. The van der Waals surface area contributed by atoms with Crippen LogP contribution in [0.25, 0.3) is 0 Å². The van der Waals surface area contributed by atoms with Gasteiger partial charge in [-0.3, -0.25) is 9.52 Å². The smallest absolute Gasteiger partial charge is 0.263 e. The molecule has 0 saturated heterocycles. The third-order valence-electron chi connectivity index (χ3n) is 6.17. The number of carbonyl (C=O) groups excluding carboxylic acids is 1. The van der Waals surface area contributed by atoms with Crippen molar-refractivity contribution in [2.45, 2.75) is 30.7 Å². The van der Waals surface area contributed by atoms with Crippen molar-refractivity contribution >= 4 is 33.1 Å².